The summed E-state index contributed by atoms with van der Waals surface area (Å²) in [6.45, 7) is 3.18. The Bertz CT molecular complexity index is 336. The molecule has 0 aliphatic heterocycles. The molecule has 1 aromatic heterocycles. The monoisotopic (exact) mass is 225 g/mol. The molecule has 90 valence electrons. The first-order valence-corrected chi connectivity index (χ1v) is 5.40. The maximum absolute atomic E-state index is 11.6. The van der Waals surface area contributed by atoms with Gasteiger partial charge in [-0.1, -0.05) is 6.92 Å². The average Bonchev–Trinajstić information content (AvgIpc) is 2.65. The van der Waals surface area contributed by atoms with Gasteiger partial charge in [-0.25, -0.2) is 0 Å². The van der Waals surface area contributed by atoms with Crippen LogP contribution < -0.4 is 10.6 Å². The highest BCUT2D eigenvalue weighted by Gasteiger charge is 2.11. The van der Waals surface area contributed by atoms with E-state index in [-0.39, 0.29) is 11.8 Å². The Labute approximate surface area is 95.4 Å². The highest BCUT2D eigenvalue weighted by Crippen LogP contribution is 1.94. The molecular formula is C10H19N5O. The summed E-state index contributed by atoms with van der Waals surface area (Å²) >= 11 is 0. The third kappa shape index (κ3) is 3.62. The minimum atomic E-state index is -0.00973. The Morgan fingerprint density at radius 2 is 2.38 bits per heavy atom. The summed E-state index contributed by atoms with van der Waals surface area (Å²) < 4.78 is 1.85. The molecule has 1 amide bonds. The fourth-order valence-corrected chi connectivity index (χ4v) is 1.40. The molecule has 1 atom stereocenters. The summed E-state index contributed by atoms with van der Waals surface area (Å²) in [6, 6.07) is 0. The summed E-state index contributed by atoms with van der Waals surface area (Å²) in [6.07, 6.45) is 2.36. The number of carbonyl (C=O) groups excluding carboxylic acids is 1. The second-order valence-corrected chi connectivity index (χ2v) is 3.86. The number of carbonyl (C=O) groups is 1. The van der Waals surface area contributed by atoms with Gasteiger partial charge >= 0.3 is 0 Å². The highest BCUT2D eigenvalue weighted by atomic mass is 16.1. The first kappa shape index (κ1) is 12.6. The molecular weight excluding hydrogens is 206 g/mol. The molecule has 0 saturated heterocycles. The van der Waals surface area contributed by atoms with Gasteiger partial charge in [-0.3, -0.25) is 4.79 Å². The Hall–Kier alpha value is -1.43. The lowest BCUT2D eigenvalue weighted by Crippen LogP contribution is -2.35. The Morgan fingerprint density at radius 1 is 1.62 bits per heavy atom. The van der Waals surface area contributed by atoms with Crippen LogP contribution in [0.1, 0.15) is 12.7 Å². The molecule has 0 aliphatic rings. The topological polar surface area (TPSA) is 71.8 Å². The van der Waals surface area contributed by atoms with Crippen LogP contribution in [0.3, 0.4) is 0 Å². The van der Waals surface area contributed by atoms with Crippen LogP contribution >= 0.6 is 0 Å². The van der Waals surface area contributed by atoms with Gasteiger partial charge in [0.2, 0.25) is 5.91 Å². The summed E-state index contributed by atoms with van der Waals surface area (Å²) in [5, 5.41) is 13.6. The van der Waals surface area contributed by atoms with Crippen molar-refractivity contribution < 1.29 is 4.79 Å². The van der Waals surface area contributed by atoms with Crippen molar-refractivity contribution in [1.29, 1.82) is 0 Å². The van der Waals surface area contributed by atoms with E-state index in [1.807, 2.05) is 25.6 Å². The van der Waals surface area contributed by atoms with Crippen LogP contribution in [0.4, 0.5) is 0 Å². The molecule has 1 unspecified atom stereocenters. The number of hydrogen-bond acceptors (Lipinski definition) is 4. The van der Waals surface area contributed by atoms with E-state index in [0.29, 0.717) is 19.5 Å². The van der Waals surface area contributed by atoms with Gasteiger partial charge in [0, 0.05) is 32.5 Å². The highest BCUT2D eigenvalue weighted by molar-refractivity contribution is 5.78. The van der Waals surface area contributed by atoms with Crippen molar-refractivity contribution in [3.63, 3.8) is 0 Å². The number of rotatable bonds is 6. The number of aromatic nitrogens is 3. The smallest absolute Gasteiger partial charge is 0.224 e. The van der Waals surface area contributed by atoms with Crippen LogP contribution in [0.2, 0.25) is 0 Å². The lowest BCUT2D eigenvalue weighted by Gasteiger charge is -2.11. The van der Waals surface area contributed by atoms with E-state index in [1.54, 1.807) is 6.33 Å². The molecule has 0 fully saturated rings. The average molecular weight is 225 g/mol. The largest absolute Gasteiger partial charge is 0.355 e. The Balaban J connectivity index is 2.25. The molecule has 6 heteroatoms. The quantitative estimate of drug-likeness (QED) is 0.673. The summed E-state index contributed by atoms with van der Waals surface area (Å²) in [7, 11) is 3.73. The third-order valence-electron chi connectivity index (χ3n) is 2.41. The summed E-state index contributed by atoms with van der Waals surface area (Å²) in [5.41, 5.74) is 0. The molecule has 0 aromatic carbocycles. The zero-order chi connectivity index (χ0) is 12.0. The molecule has 6 nitrogen and oxygen atoms in total. The fraction of sp³-hybridized carbons (Fsp3) is 0.700. The van der Waals surface area contributed by atoms with E-state index in [2.05, 4.69) is 20.8 Å². The van der Waals surface area contributed by atoms with Gasteiger partial charge in [-0.15, -0.1) is 10.2 Å². The minimum absolute atomic E-state index is 0.00973. The molecule has 0 bridgehead atoms. The summed E-state index contributed by atoms with van der Waals surface area (Å²) in [5.74, 6) is 0.933. The number of nitrogens with one attached hydrogen (secondary N) is 2. The van der Waals surface area contributed by atoms with E-state index in [9.17, 15) is 4.79 Å². The van der Waals surface area contributed by atoms with Crippen molar-refractivity contribution in [3.05, 3.63) is 12.2 Å². The molecule has 2 N–H and O–H groups in total. The van der Waals surface area contributed by atoms with E-state index in [1.165, 1.54) is 0 Å². The molecule has 0 aliphatic carbocycles. The molecule has 16 heavy (non-hydrogen) atoms. The van der Waals surface area contributed by atoms with Gasteiger partial charge in [0.1, 0.15) is 12.2 Å². The van der Waals surface area contributed by atoms with Crippen LogP contribution in [0.15, 0.2) is 6.33 Å². The van der Waals surface area contributed by atoms with E-state index < -0.39 is 0 Å². The van der Waals surface area contributed by atoms with Crippen molar-refractivity contribution in [2.75, 3.05) is 20.1 Å². The number of aryl methyl sites for hydroxylation is 1. The molecule has 1 rings (SSSR count). The SMILES string of the molecule is CNCC(C)C(=O)NCCc1nncn1C. The zero-order valence-corrected chi connectivity index (χ0v) is 10.0. The second-order valence-electron chi connectivity index (χ2n) is 3.86. The van der Waals surface area contributed by atoms with E-state index in [4.69, 9.17) is 0 Å². The van der Waals surface area contributed by atoms with Gasteiger partial charge in [-0.05, 0) is 7.05 Å². The van der Waals surface area contributed by atoms with Crippen LogP contribution in [-0.4, -0.2) is 40.8 Å². The number of amides is 1. The van der Waals surface area contributed by atoms with Crippen LogP contribution in [0.5, 0.6) is 0 Å². The normalized spacial score (nSPS) is 12.4. The van der Waals surface area contributed by atoms with Crippen molar-refractivity contribution in [2.45, 2.75) is 13.3 Å². The maximum atomic E-state index is 11.6. The van der Waals surface area contributed by atoms with Crippen LogP contribution in [0, 0.1) is 5.92 Å². The van der Waals surface area contributed by atoms with Gasteiger partial charge in [0.15, 0.2) is 0 Å². The molecule has 1 heterocycles. The number of hydrogen-bond donors (Lipinski definition) is 2. The molecule has 0 saturated carbocycles. The van der Waals surface area contributed by atoms with Crippen molar-refractivity contribution in [2.24, 2.45) is 13.0 Å². The Morgan fingerprint density at radius 3 is 2.94 bits per heavy atom. The van der Waals surface area contributed by atoms with Crippen LogP contribution in [0.25, 0.3) is 0 Å². The summed E-state index contributed by atoms with van der Waals surface area (Å²) in [4.78, 5) is 11.6. The number of nitrogens with zero attached hydrogens (tertiary/aromatic N) is 3. The van der Waals surface area contributed by atoms with Gasteiger partial charge < -0.3 is 15.2 Å². The van der Waals surface area contributed by atoms with Crippen molar-refractivity contribution >= 4 is 5.91 Å². The maximum Gasteiger partial charge on any atom is 0.224 e. The van der Waals surface area contributed by atoms with Gasteiger partial charge in [0.05, 0.1) is 0 Å². The second kappa shape index (κ2) is 6.22. The lowest BCUT2D eigenvalue weighted by molar-refractivity contribution is -0.124. The lowest BCUT2D eigenvalue weighted by atomic mass is 10.1. The third-order valence-corrected chi connectivity index (χ3v) is 2.41. The van der Waals surface area contributed by atoms with Gasteiger partial charge in [-0.2, -0.15) is 0 Å². The fourth-order valence-electron chi connectivity index (χ4n) is 1.40. The zero-order valence-electron chi connectivity index (χ0n) is 10.0. The van der Waals surface area contributed by atoms with Crippen molar-refractivity contribution in [1.82, 2.24) is 25.4 Å². The standard InChI is InChI=1S/C10H19N5O/c1-8(6-11-2)10(16)12-5-4-9-14-13-7-15(9)3/h7-8,11H,4-6H2,1-3H3,(H,12,16). The minimum Gasteiger partial charge on any atom is -0.355 e. The molecule has 0 spiro atoms. The molecule has 1 aromatic rings. The Kier molecular flexibility index (Phi) is 4.91. The first-order chi connectivity index (χ1) is 7.65. The van der Waals surface area contributed by atoms with Crippen molar-refractivity contribution in [3.8, 4) is 0 Å². The predicted molar refractivity (Wildman–Crippen MR) is 60.8 cm³/mol. The van der Waals surface area contributed by atoms with Crippen LogP contribution in [-0.2, 0) is 18.3 Å². The predicted octanol–water partition coefficient (Wildman–Crippen LogP) is -0.671. The van der Waals surface area contributed by atoms with Gasteiger partial charge in [0.25, 0.3) is 0 Å². The van der Waals surface area contributed by atoms with E-state index >= 15 is 0 Å². The molecule has 0 radical (unpaired) electrons. The van der Waals surface area contributed by atoms with E-state index in [0.717, 1.165) is 5.82 Å². The first-order valence-electron chi connectivity index (χ1n) is 5.40.